The van der Waals surface area contributed by atoms with E-state index in [1.807, 2.05) is 0 Å². The zero-order valence-corrected chi connectivity index (χ0v) is 12.3. The number of alkyl halides is 3. The van der Waals surface area contributed by atoms with Gasteiger partial charge in [-0.2, -0.15) is 0 Å². The van der Waals surface area contributed by atoms with Crippen molar-refractivity contribution < 1.29 is 22.7 Å². The molecule has 1 N–H and O–H groups in total. The Kier molecular flexibility index (Phi) is 4.83. The molecular weight excluding hydrogens is 342 g/mol. The third kappa shape index (κ3) is 4.29. The highest BCUT2D eigenvalue weighted by atomic mass is 35.5. The Hall–Kier alpha value is -1.92. The number of amides is 1. The predicted octanol–water partition coefficient (Wildman–Crippen LogP) is 5.14. The normalized spacial score (nSPS) is 11.1. The van der Waals surface area contributed by atoms with Gasteiger partial charge in [-0.25, -0.2) is 0 Å². The summed E-state index contributed by atoms with van der Waals surface area (Å²) in [7, 11) is 0. The quantitative estimate of drug-likeness (QED) is 0.832. The van der Waals surface area contributed by atoms with Crippen molar-refractivity contribution >= 4 is 34.8 Å². The molecule has 0 aromatic heterocycles. The lowest BCUT2D eigenvalue weighted by atomic mass is 10.2. The van der Waals surface area contributed by atoms with E-state index in [2.05, 4.69) is 10.1 Å². The van der Waals surface area contributed by atoms with Crippen LogP contribution in [0.15, 0.2) is 42.5 Å². The van der Waals surface area contributed by atoms with Gasteiger partial charge in [0.15, 0.2) is 5.75 Å². The molecule has 8 heteroatoms. The highest BCUT2D eigenvalue weighted by Crippen LogP contribution is 2.30. The first-order valence-electron chi connectivity index (χ1n) is 5.87. The van der Waals surface area contributed by atoms with Gasteiger partial charge >= 0.3 is 6.36 Å². The number of anilines is 1. The molecule has 0 unspecified atom stereocenters. The number of halogens is 5. The van der Waals surface area contributed by atoms with E-state index >= 15 is 0 Å². The van der Waals surface area contributed by atoms with E-state index in [0.29, 0.717) is 0 Å². The molecule has 0 aliphatic rings. The van der Waals surface area contributed by atoms with Crippen molar-refractivity contribution in [3.8, 4) is 5.75 Å². The van der Waals surface area contributed by atoms with Crippen LogP contribution in [0.4, 0.5) is 18.9 Å². The summed E-state index contributed by atoms with van der Waals surface area (Å²) < 4.78 is 40.8. The monoisotopic (exact) mass is 349 g/mol. The largest absolute Gasteiger partial charge is 0.573 e. The molecule has 0 heterocycles. The summed E-state index contributed by atoms with van der Waals surface area (Å²) in [6, 6.07) is 9.33. The van der Waals surface area contributed by atoms with E-state index in [1.165, 1.54) is 36.4 Å². The zero-order valence-electron chi connectivity index (χ0n) is 10.7. The van der Waals surface area contributed by atoms with Crippen LogP contribution in [0.25, 0.3) is 0 Å². The van der Waals surface area contributed by atoms with E-state index in [9.17, 15) is 18.0 Å². The van der Waals surface area contributed by atoms with Crippen LogP contribution in [-0.2, 0) is 0 Å². The molecule has 0 saturated heterocycles. The number of carbonyl (C=O) groups excluding carboxylic acids is 1. The smallest absolute Gasteiger partial charge is 0.404 e. The van der Waals surface area contributed by atoms with Gasteiger partial charge in [0.05, 0.1) is 15.7 Å². The van der Waals surface area contributed by atoms with E-state index in [1.54, 1.807) is 0 Å². The molecule has 3 nitrogen and oxygen atoms in total. The molecule has 0 spiro atoms. The summed E-state index contributed by atoms with van der Waals surface area (Å²) in [4.78, 5) is 12.0. The number of hydrogen-bond acceptors (Lipinski definition) is 2. The SMILES string of the molecule is O=C(Nc1ccccc1OC(F)(F)F)c1ccc(Cl)c(Cl)c1. The number of benzene rings is 2. The van der Waals surface area contributed by atoms with Gasteiger partial charge in [-0.3, -0.25) is 4.79 Å². The third-order valence-electron chi connectivity index (χ3n) is 2.54. The second kappa shape index (κ2) is 6.46. The van der Waals surface area contributed by atoms with Gasteiger partial charge in [-0.05, 0) is 30.3 Å². The molecule has 2 aromatic rings. The average Bonchev–Trinajstić information content (AvgIpc) is 2.42. The fraction of sp³-hybridized carbons (Fsp3) is 0.0714. The van der Waals surface area contributed by atoms with Crippen molar-refractivity contribution in [3.05, 3.63) is 58.1 Å². The Morgan fingerprint density at radius 1 is 1.05 bits per heavy atom. The first-order chi connectivity index (χ1) is 10.3. The van der Waals surface area contributed by atoms with Crippen LogP contribution >= 0.6 is 23.2 Å². The van der Waals surface area contributed by atoms with Gasteiger partial charge in [0.25, 0.3) is 5.91 Å². The van der Waals surface area contributed by atoms with Gasteiger partial charge in [0.2, 0.25) is 0 Å². The van der Waals surface area contributed by atoms with Crippen molar-refractivity contribution in [2.75, 3.05) is 5.32 Å². The van der Waals surface area contributed by atoms with Crippen molar-refractivity contribution in [2.45, 2.75) is 6.36 Å². The molecule has 0 aliphatic carbocycles. The lowest BCUT2D eigenvalue weighted by Crippen LogP contribution is -2.19. The van der Waals surface area contributed by atoms with Crippen LogP contribution in [0.1, 0.15) is 10.4 Å². The zero-order chi connectivity index (χ0) is 16.3. The Morgan fingerprint density at radius 2 is 1.73 bits per heavy atom. The molecular formula is C14H8Cl2F3NO2. The predicted molar refractivity (Wildman–Crippen MR) is 77.5 cm³/mol. The summed E-state index contributed by atoms with van der Waals surface area (Å²) >= 11 is 11.5. The first kappa shape index (κ1) is 16.5. The molecule has 0 radical (unpaired) electrons. The number of rotatable bonds is 3. The minimum atomic E-state index is -4.86. The summed E-state index contributed by atoms with van der Waals surface area (Å²) in [5, 5.41) is 2.75. The van der Waals surface area contributed by atoms with Crippen molar-refractivity contribution in [2.24, 2.45) is 0 Å². The maximum absolute atomic E-state index is 12.3. The van der Waals surface area contributed by atoms with Crippen LogP contribution in [0.3, 0.4) is 0 Å². The highest BCUT2D eigenvalue weighted by molar-refractivity contribution is 6.42. The Bertz CT molecular complexity index is 705. The fourth-order valence-corrected chi connectivity index (χ4v) is 1.91. The summed E-state index contributed by atoms with van der Waals surface area (Å²) in [6.07, 6.45) is -4.86. The lowest BCUT2D eigenvalue weighted by Gasteiger charge is -2.14. The maximum Gasteiger partial charge on any atom is 0.573 e. The molecule has 0 atom stereocenters. The Labute approximate surface area is 133 Å². The second-order valence-electron chi connectivity index (χ2n) is 4.13. The molecule has 0 aliphatic heterocycles. The standard InChI is InChI=1S/C14H8Cl2F3NO2/c15-9-6-5-8(7-10(9)16)13(21)20-11-3-1-2-4-12(11)22-14(17,18)19/h1-7H,(H,20,21). The van der Waals surface area contributed by atoms with Gasteiger partial charge in [0, 0.05) is 5.56 Å². The molecule has 2 rings (SSSR count). The number of para-hydroxylation sites is 2. The number of hydrogen-bond donors (Lipinski definition) is 1. The highest BCUT2D eigenvalue weighted by Gasteiger charge is 2.32. The molecule has 0 saturated carbocycles. The van der Waals surface area contributed by atoms with Gasteiger partial charge in [-0.1, -0.05) is 35.3 Å². The van der Waals surface area contributed by atoms with Crippen LogP contribution in [-0.4, -0.2) is 12.3 Å². The van der Waals surface area contributed by atoms with Crippen LogP contribution in [0.5, 0.6) is 5.75 Å². The van der Waals surface area contributed by atoms with Crippen LogP contribution in [0, 0.1) is 0 Å². The summed E-state index contributed by atoms with van der Waals surface area (Å²) in [5.41, 5.74) is 0.0344. The van der Waals surface area contributed by atoms with Gasteiger partial charge in [-0.15, -0.1) is 13.2 Å². The average molecular weight is 350 g/mol. The summed E-state index contributed by atoms with van der Waals surface area (Å²) in [5.74, 6) is -1.15. The van der Waals surface area contributed by atoms with E-state index < -0.39 is 18.0 Å². The van der Waals surface area contributed by atoms with Crippen LogP contribution in [0.2, 0.25) is 10.0 Å². The van der Waals surface area contributed by atoms with Gasteiger partial charge in [0.1, 0.15) is 0 Å². The van der Waals surface area contributed by atoms with E-state index in [0.717, 1.165) is 6.07 Å². The Morgan fingerprint density at radius 3 is 2.36 bits per heavy atom. The Balaban J connectivity index is 2.23. The minimum Gasteiger partial charge on any atom is -0.404 e. The summed E-state index contributed by atoms with van der Waals surface area (Å²) in [6.45, 7) is 0. The van der Waals surface area contributed by atoms with Crippen LogP contribution < -0.4 is 10.1 Å². The third-order valence-corrected chi connectivity index (χ3v) is 3.28. The fourth-order valence-electron chi connectivity index (χ4n) is 1.62. The molecule has 2 aromatic carbocycles. The second-order valence-corrected chi connectivity index (χ2v) is 4.94. The first-order valence-corrected chi connectivity index (χ1v) is 6.63. The van der Waals surface area contributed by atoms with Crippen molar-refractivity contribution in [1.82, 2.24) is 0 Å². The molecule has 116 valence electrons. The topological polar surface area (TPSA) is 38.3 Å². The molecule has 1 amide bonds. The maximum atomic E-state index is 12.3. The van der Waals surface area contributed by atoms with E-state index in [4.69, 9.17) is 23.2 Å². The minimum absolute atomic E-state index is 0.115. The number of carbonyl (C=O) groups is 1. The number of nitrogens with one attached hydrogen (secondary N) is 1. The van der Waals surface area contributed by atoms with Crippen molar-refractivity contribution in [1.29, 1.82) is 0 Å². The molecule has 22 heavy (non-hydrogen) atoms. The molecule has 0 fully saturated rings. The number of ether oxygens (including phenoxy) is 1. The van der Waals surface area contributed by atoms with Gasteiger partial charge < -0.3 is 10.1 Å². The van der Waals surface area contributed by atoms with Crippen molar-refractivity contribution in [3.63, 3.8) is 0 Å². The lowest BCUT2D eigenvalue weighted by molar-refractivity contribution is -0.274. The van der Waals surface area contributed by atoms with E-state index in [-0.39, 0.29) is 21.3 Å². The molecule has 0 bridgehead atoms.